The van der Waals surface area contributed by atoms with Crippen LogP contribution in [0.1, 0.15) is 34.6 Å². The standard InChI is InChI=1S/C10H22O3Si/c1-7-14(6,8-2)13-9(11)12-10(3,4)5/h7-8H2,1-6H3. The summed E-state index contributed by atoms with van der Waals surface area (Å²) in [6.45, 7) is 11.7. The van der Waals surface area contributed by atoms with Gasteiger partial charge in [0.2, 0.25) is 0 Å². The third-order valence-corrected chi connectivity index (χ3v) is 5.87. The largest absolute Gasteiger partial charge is 0.494 e. The average Bonchev–Trinajstić information content (AvgIpc) is 2.00. The van der Waals surface area contributed by atoms with Gasteiger partial charge in [0.1, 0.15) is 5.60 Å². The first-order valence-electron chi connectivity index (χ1n) is 5.14. The SMILES string of the molecule is CC[Si](C)(CC)OC(=O)OC(C)(C)C. The number of rotatable bonds is 3. The molecule has 14 heavy (non-hydrogen) atoms. The lowest BCUT2D eigenvalue weighted by Crippen LogP contribution is -2.37. The zero-order chi connectivity index (χ0) is 11.4. The summed E-state index contributed by atoms with van der Waals surface area (Å²) < 4.78 is 10.5. The van der Waals surface area contributed by atoms with Crippen molar-refractivity contribution in [3.63, 3.8) is 0 Å². The zero-order valence-corrected chi connectivity index (χ0v) is 11.1. The van der Waals surface area contributed by atoms with Gasteiger partial charge in [0.05, 0.1) is 0 Å². The molecule has 0 bridgehead atoms. The Hall–Kier alpha value is -0.513. The second-order valence-electron chi connectivity index (χ2n) is 4.72. The molecule has 0 heterocycles. The molecule has 0 rings (SSSR count). The molecular formula is C10H22O3Si. The average molecular weight is 218 g/mol. The van der Waals surface area contributed by atoms with Crippen molar-refractivity contribution >= 4 is 14.5 Å². The molecule has 0 aromatic heterocycles. The predicted octanol–water partition coefficient (Wildman–Crippen LogP) is 3.55. The van der Waals surface area contributed by atoms with E-state index in [1.54, 1.807) is 0 Å². The molecule has 0 N–H and O–H groups in total. The van der Waals surface area contributed by atoms with Crippen LogP contribution in [0, 0.1) is 0 Å². The fourth-order valence-electron chi connectivity index (χ4n) is 0.866. The van der Waals surface area contributed by atoms with Crippen molar-refractivity contribution in [3.05, 3.63) is 0 Å². The monoisotopic (exact) mass is 218 g/mol. The van der Waals surface area contributed by atoms with Crippen molar-refractivity contribution in [3.8, 4) is 0 Å². The maximum Gasteiger partial charge on any atom is 0.494 e. The molecule has 0 radical (unpaired) electrons. The third-order valence-electron chi connectivity index (χ3n) is 2.22. The van der Waals surface area contributed by atoms with Gasteiger partial charge in [0.15, 0.2) is 0 Å². The molecule has 0 spiro atoms. The smallest absolute Gasteiger partial charge is 0.489 e. The Bertz CT molecular complexity index is 192. The lowest BCUT2D eigenvalue weighted by atomic mass is 10.2. The molecule has 4 heteroatoms. The molecule has 0 aromatic rings. The highest BCUT2D eigenvalue weighted by atomic mass is 28.4. The van der Waals surface area contributed by atoms with E-state index in [9.17, 15) is 4.79 Å². The van der Waals surface area contributed by atoms with E-state index in [1.807, 2.05) is 20.8 Å². The van der Waals surface area contributed by atoms with Crippen LogP contribution in [0.25, 0.3) is 0 Å². The van der Waals surface area contributed by atoms with E-state index < -0.39 is 20.1 Å². The second kappa shape index (κ2) is 4.82. The summed E-state index contributed by atoms with van der Waals surface area (Å²) in [6.07, 6.45) is -0.518. The van der Waals surface area contributed by atoms with Gasteiger partial charge in [-0.1, -0.05) is 13.8 Å². The fourth-order valence-corrected chi connectivity index (χ4v) is 2.10. The Morgan fingerprint density at radius 2 is 1.64 bits per heavy atom. The van der Waals surface area contributed by atoms with E-state index in [-0.39, 0.29) is 0 Å². The van der Waals surface area contributed by atoms with E-state index in [0.29, 0.717) is 0 Å². The van der Waals surface area contributed by atoms with Crippen LogP contribution in [-0.4, -0.2) is 20.1 Å². The second-order valence-corrected chi connectivity index (χ2v) is 9.24. The first-order chi connectivity index (χ1) is 6.22. The maximum atomic E-state index is 11.4. The van der Waals surface area contributed by atoms with Crippen LogP contribution in [0.15, 0.2) is 0 Å². The topological polar surface area (TPSA) is 35.5 Å². The first kappa shape index (κ1) is 13.5. The van der Waals surface area contributed by atoms with Gasteiger partial charge in [-0.05, 0) is 39.4 Å². The number of hydrogen-bond acceptors (Lipinski definition) is 3. The van der Waals surface area contributed by atoms with Crippen molar-refractivity contribution in [2.24, 2.45) is 0 Å². The minimum atomic E-state index is -1.83. The Morgan fingerprint density at radius 1 is 1.21 bits per heavy atom. The zero-order valence-electron chi connectivity index (χ0n) is 10.1. The number of hydrogen-bond donors (Lipinski definition) is 0. The molecule has 0 aliphatic heterocycles. The molecule has 0 unspecified atom stereocenters. The number of ether oxygens (including phenoxy) is 1. The summed E-state index contributed by atoms with van der Waals surface area (Å²) >= 11 is 0. The maximum absolute atomic E-state index is 11.4. The lowest BCUT2D eigenvalue weighted by Gasteiger charge is -2.26. The molecule has 0 aliphatic carbocycles. The van der Waals surface area contributed by atoms with Crippen LogP contribution >= 0.6 is 0 Å². The Kier molecular flexibility index (Phi) is 4.64. The molecule has 0 aliphatic rings. The summed E-state index contributed by atoms with van der Waals surface area (Å²) in [7, 11) is -1.83. The van der Waals surface area contributed by atoms with Crippen LogP contribution in [0.2, 0.25) is 18.6 Å². The molecule has 3 nitrogen and oxygen atoms in total. The van der Waals surface area contributed by atoms with Crippen molar-refractivity contribution in [2.45, 2.75) is 58.9 Å². The number of carbonyl (C=O) groups excluding carboxylic acids is 1. The van der Waals surface area contributed by atoms with Crippen molar-refractivity contribution in [2.75, 3.05) is 0 Å². The molecule has 0 aromatic carbocycles. The van der Waals surface area contributed by atoms with Crippen molar-refractivity contribution in [1.29, 1.82) is 0 Å². The quantitative estimate of drug-likeness (QED) is 0.537. The van der Waals surface area contributed by atoms with Crippen molar-refractivity contribution in [1.82, 2.24) is 0 Å². The molecule has 0 atom stereocenters. The molecule has 0 saturated carbocycles. The molecule has 0 saturated heterocycles. The van der Waals surface area contributed by atoms with Gasteiger partial charge in [-0.15, -0.1) is 0 Å². The fraction of sp³-hybridized carbons (Fsp3) is 0.900. The van der Waals surface area contributed by atoms with E-state index in [2.05, 4.69) is 20.4 Å². The van der Waals surface area contributed by atoms with E-state index in [0.717, 1.165) is 12.1 Å². The van der Waals surface area contributed by atoms with Gasteiger partial charge in [0, 0.05) is 0 Å². The van der Waals surface area contributed by atoms with Crippen molar-refractivity contribution < 1.29 is 14.0 Å². The van der Waals surface area contributed by atoms with Gasteiger partial charge in [0.25, 0.3) is 8.32 Å². The van der Waals surface area contributed by atoms with Gasteiger partial charge in [-0.25, -0.2) is 4.79 Å². The van der Waals surface area contributed by atoms with Crippen LogP contribution in [0.4, 0.5) is 4.79 Å². The Labute approximate surface area is 87.9 Å². The highest BCUT2D eigenvalue weighted by Crippen LogP contribution is 2.18. The summed E-state index contributed by atoms with van der Waals surface area (Å²) in [6, 6.07) is 1.87. The Morgan fingerprint density at radius 3 is 1.93 bits per heavy atom. The minimum absolute atomic E-state index is 0.464. The summed E-state index contributed by atoms with van der Waals surface area (Å²) in [4.78, 5) is 11.4. The van der Waals surface area contributed by atoms with Gasteiger partial charge < -0.3 is 9.16 Å². The highest BCUT2D eigenvalue weighted by molar-refractivity contribution is 6.73. The normalized spacial score (nSPS) is 12.4. The van der Waals surface area contributed by atoms with Crippen LogP contribution in [-0.2, 0) is 9.16 Å². The van der Waals surface area contributed by atoms with Crippen LogP contribution < -0.4 is 0 Å². The molecule has 84 valence electrons. The predicted molar refractivity (Wildman–Crippen MR) is 59.9 cm³/mol. The van der Waals surface area contributed by atoms with Crippen LogP contribution in [0.5, 0.6) is 0 Å². The Balaban J connectivity index is 4.18. The number of carbonyl (C=O) groups is 1. The molecule has 0 amide bonds. The summed E-state index contributed by atoms with van der Waals surface area (Å²) in [5, 5.41) is 0. The third kappa shape index (κ3) is 5.27. The van der Waals surface area contributed by atoms with E-state index >= 15 is 0 Å². The van der Waals surface area contributed by atoms with E-state index in [1.165, 1.54) is 0 Å². The first-order valence-corrected chi connectivity index (χ1v) is 7.96. The summed E-state index contributed by atoms with van der Waals surface area (Å²) in [5.74, 6) is 0. The van der Waals surface area contributed by atoms with Gasteiger partial charge >= 0.3 is 6.16 Å². The molecular weight excluding hydrogens is 196 g/mol. The van der Waals surface area contributed by atoms with Gasteiger partial charge in [-0.3, -0.25) is 0 Å². The lowest BCUT2D eigenvalue weighted by molar-refractivity contribution is 0.0185. The van der Waals surface area contributed by atoms with Gasteiger partial charge in [-0.2, -0.15) is 0 Å². The van der Waals surface area contributed by atoms with Crippen LogP contribution in [0.3, 0.4) is 0 Å². The van der Waals surface area contributed by atoms with E-state index in [4.69, 9.17) is 9.16 Å². The summed E-state index contributed by atoms with van der Waals surface area (Å²) in [5.41, 5.74) is -0.464. The molecule has 0 fully saturated rings. The highest BCUT2D eigenvalue weighted by Gasteiger charge is 2.31. The minimum Gasteiger partial charge on any atom is -0.489 e.